The average Bonchev–Trinajstić information content (AvgIpc) is 2.84. The summed E-state index contributed by atoms with van der Waals surface area (Å²) in [6.07, 6.45) is 0.366. The van der Waals surface area contributed by atoms with Crippen LogP contribution in [-0.2, 0) is 20.6 Å². The predicted octanol–water partition coefficient (Wildman–Crippen LogP) is 3.88. The van der Waals surface area contributed by atoms with Gasteiger partial charge in [0, 0.05) is 38.5 Å². The standard InChI is InChI=1S/C26H28N2O3S/c29-26(20-25(23-12-6-2-7-13-23)24-14-8-3-9-15-24)27-16-18-28(19-17-27)32(30,31)21-22-10-4-1-5-11-22/h1-15,25H,16-21H2. The molecule has 3 aromatic carbocycles. The third kappa shape index (κ3) is 5.44. The fourth-order valence-corrected chi connectivity index (χ4v) is 5.71. The van der Waals surface area contributed by atoms with Crippen LogP contribution in [0.2, 0.25) is 0 Å². The second kappa shape index (κ2) is 10.1. The number of benzene rings is 3. The third-order valence-corrected chi connectivity index (χ3v) is 7.81. The molecule has 0 N–H and O–H groups in total. The second-order valence-electron chi connectivity index (χ2n) is 8.10. The quantitative estimate of drug-likeness (QED) is 0.551. The Labute approximate surface area is 190 Å². The van der Waals surface area contributed by atoms with Crippen LogP contribution >= 0.6 is 0 Å². The Morgan fingerprint density at radius 3 is 1.69 bits per heavy atom. The molecule has 0 unspecified atom stereocenters. The van der Waals surface area contributed by atoms with Gasteiger partial charge in [0.15, 0.2) is 0 Å². The lowest BCUT2D eigenvalue weighted by molar-refractivity contribution is -0.132. The van der Waals surface area contributed by atoms with Gasteiger partial charge in [0.2, 0.25) is 15.9 Å². The largest absolute Gasteiger partial charge is 0.340 e. The molecular weight excluding hydrogens is 420 g/mol. The molecule has 6 heteroatoms. The lowest BCUT2D eigenvalue weighted by atomic mass is 9.88. The summed E-state index contributed by atoms with van der Waals surface area (Å²) in [5.41, 5.74) is 2.99. The van der Waals surface area contributed by atoms with Gasteiger partial charge in [-0.1, -0.05) is 91.0 Å². The van der Waals surface area contributed by atoms with Crippen molar-refractivity contribution in [2.75, 3.05) is 26.2 Å². The van der Waals surface area contributed by atoms with Crippen LogP contribution in [0.15, 0.2) is 91.0 Å². The molecule has 0 spiro atoms. The van der Waals surface area contributed by atoms with E-state index in [2.05, 4.69) is 24.3 Å². The molecule has 0 saturated carbocycles. The van der Waals surface area contributed by atoms with E-state index >= 15 is 0 Å². The highest BCUT2D eigenvalue weighted by Gasteiger charge is 2.30. The lowest BCUT2D eigenvalue weighted by Crippen LogP contribution is -2.51. The molecule has 4 rings (SSSR count). The number of carbonyl (C=O) groups is 1. The van der Waals surface area contributed by atoms with Crippen LogP contribution in [0.1, 0.15) is 29.0 Å². The van der Waals surface area contributed by atoms with Crippen LogP contribution in [0.5, 0.6) is 0 Å². The smallest absolute Gasteiger partial charge is 0.223 e. The van der Waals surface area contributed by atoms with E-state index in [0.717, 1.165) is 16.7 Å². The van der Waals surface area contributed by atoms with Gasteiger partial charge in [-0.25, -0.2) is 8.42 Å². The summed E-state index contributed by atoms with van der Waals surface area (Å²) < 4.78 is 27.1. The minimum Gasteiger partial charge on any atom is -0.340 e. The first-order valence-corrected chi connectivity index (χ1v) is 12.5. The predicted molar refractivity (Wildman–Crippen MR) is 127 cm³/mol. The number of amides is 1. The van der Waals surface area contributed by atoms with E-state index in [-0.39, 0.29) is 17.6 Å². The van der Waals surface area contributed by atoms with Gasteiger partial charge in [0.25, 0.3) is 0 Å². The normalized spacial score (nSPS) is 15.1. The number of hydrogen-bond donors (Lipinski definition) is 0. The van der Waals surface area contributed by atoms with E-state index < -0.39 is 10.0 Å². The molecule has 1 aliphatic rings. The molecule has 3 aromatic rings. The van der Waals surface area contributed by atoms with Crippen LogP contribution in [0, 0.1) is 0 Å². The monoisotopic (exact) mass is 448 g/mol. The molecule has 0 aromatic heterocycles. The molecule has 1 fully saturated rings. The molecule has 32 heavy (non-hydrogen) atoms. The highest BCUT2D eigenvalue weighted by molar-refractivity contribution is 7.88. The summed E-state index contributed by atoms with van der Waals surface area (Å²) in [5.74, 6) is 0.0267. The Bertz CT molecular complexity index is 1070. The first kappa shape index (κ1) is 22.2. The fourth-order valence-electron chi connectivity index (χ4n) is 4.19. The van der Waals surface area contributed by atoms with Crippen molar-refractivity contribution < 1.29 is 13.2 Å². The van der Waals surface area contributed by atoms with Gasteiger partial charge >= 0.3 is 0 Å². The maximum Gasteiger partial charge on any atom is 0.223 e. The zero-order valence-corrected chi connectivity index (χ0v) is 18.8. The van der Waals surface area contributed by atoms with Crippen LogP contribution in [0.4, 0.5) is 0 Å². The van der Waals surface area contributed by atoms with Gasteiger partial charge in [0.1, 0.15) is 0 Å². The van der Waals surface area contributed by atoms with Crippen LogP contribution in [0.25, 0.3) is 0 Å². The van der Waals surface area contributed by atoms with Crippen molar-refractivity contribution in [2.45, 2.75) is 18.1 Å². The van der Waals surface area contributed by atoms with E-state index in [1.165, 1.54) is 4.31 Å². The number of carbonyl (C=O) groups excluding carboxylic acids is 1. The van der Waals surface area contributed by atoms with Gasteiger partial charge in [-0.05, 0) is 16.7 Å². The Hall–Kier alpha value is -2.96. The highest BCUT2D eigenvalue weighted by atomic mass is 32.2. The van der Waals surface area contributed by atoms with Gasteiger partial charge in [-0.2, -0.15) is 4.31 Å². The number of rotatable bonds is 7. The molecule has 1 heterocycles. The Kier molecular flexibility index (Phi) is 7.02. The Balaban J connectivity index is 1.40. The van der Waals surface area contributed by atoms with Gasteiger partial charge in [0.05, 0.1) is 5.75 Å². The van der Waals surface area contributed by atoms with Gasteiger partial charge in [-0.15, -0.1) is 0 Å². The van der Waals surface area contributed by atoms with Crippen LogP contribution in [-0.4, -0.2) is 49.7 Å². The van der Waals surface area contributed by atoms with Crippen molar-refractivity contribution in [3.63, 3.8) is 0 Å². The molecule has 0 bridgehead atoms. The number of piperazine rings is 1. The summed E-state index contributed by atoms with van der Waals surface area (Å²) in [6.45, 7) is 1.51. The van der Waals surface area contributed by atoms with E-state index in [9.17, 15) is 13.2 Å². The Morgan fingerprint density at radius 1 is 0.719 bits per heavy atom. The van der Waals surface area contributed by atoms with Gasteiger partial charge in [-0.3, -0.25) is 4.79 Å². The second-order valence-corrected chi connectivity index (χ2v) is 10.1. The molecule has 5 nitrogen and oxygen atoms in total. The third-order valence-electron chi connectivity index (χ3n) is 5.96. The molecule has 1 aliphatic heterocycles. The molecule has 1 amide bonds. The maximum atomic E-state index is 13.2. The van der Waals surface area contributed by atoms with Crippen LogP contribution in [0.3, 0.4) is 0 Å². The van der Waals surface area contributed by atoms with Crippen molar-refractivity contribution in [1.29, 1.82) is 0 Å². The maximum absolute atomic E-state index is 13.2. The van der Waals surface area contributed by atoms with E-state index in [0.29, 0.717) is 32.6 Å². The van der Waals surface area contributed by atoms with E-state index in [4.69, 9.17) is 0 Å². The number of sulfonamides is 1. The summed E-state index contributed by atoms with van der Waals surface area (Å²) in [5, 5.41) is 0. The van der Waals surface area contributed by atoms with Gasteiger partial charge < -0.3 is 4.90 Å². The summed E-state index contributed by atoms with van der Waals surface area (Å²) >= 11 is 0. The van der Waals surface area contributed by atoms with Crippen molar-refractivity contribution in [3.8, 4) is 0 Å². The highest BCUT2D eigenvalue weighted by Crippen LogP contribution is 2.29. The van der Waals surface area contributed by atoms with E-state index in [1.807, 2.05) is 66.7 Å². The van der Waals surface area contributed by atoms with E-state index in [1.54, 1.807) is 4.90 Å². The first-order valence-electron chi connectivity index (χ1n) is 10.9. The average molecular weight is 449 g/mol. The molecule has 0 radical (unpaired) electrons. The Morgan fingerprint density at radius 2 is 1.19 bits per heavy atom. The topological polar surface area (TPSA) is 57.7 Å². The zero-order chi connectivity index (χ0) is 22.4. The molecular formula is C26H28N2O3S. The van der Waals surface area contributed by atoms with Crippen molar-refractivity contribution in [2.24, 2.45) is 0 Å². The summed E-state index contributed by atoms with van der Waals surface area (Å²) in [4.78, 5) is 15.0. The minimum absolute atomic E-state index is 0.00806. The van der Waals surface area contributed by atoms with Crippen molar-refractivity contribution >= 4 is 15.9 Å². The summed E-state index contributed by atoms with van der Waals surface area (Å²) in [6, 6.07) is 29.3. The molecule has 1 saturated heterocycles. The van der Waals surface area contributed by atoms with Crippen molar-refractivity contribution in [3.05, 3.63) is 108 Å². The zero-order valence-electron chi connectivity index (χ0n) is 18.0. The van der Waals surface area contributed by atoms with Crippen LogP contribution < -0.4 is 0 Å². The fraction of sp³-hybridized carbons (Fsp3) is 0.269. The molecule has 166 valence electrons. The number of nitrogens with zero attached hydrogens (tertiary/aromatic N) is 2. The lowest BCUT2D eigenvalue weighted by Gasteiger charge is -2.35. The van der Waals surface area contributed by atoms with Crippen molar-refractivity contribution in [1.82, 2.24) is 9.21 Å². The minimum atomic E-state index is -3.40. The number of hydrogen-bond acceptors (Lipinski definition) is 3. The summed E-state index contributed by atoms with van der Waals surface area (Å²) in [7, 11) is -3.40. The molecule has 0 aliphatic carbocycles. The molecule has 0 atom stereocenters. The SMILES string of the molecule is O=C(CC(c1ccccc1)c1ccccc1)N1CCN(S(=O)(=O)Cc2ccccc2)CC1. The first-order chi connectivity index (χ1) is 15.5.